The maximum Gasteiger partial charge on any atom is 0.149 e. The van der Waals surface area contributed by atoms with Gasteiger partial charge in [-0.3, -0.25) is 0 Å². The van der Waals surface area contributed by atoms with Crippen LogP contribution in [0.5, 0.6) is 0 Å². The van der Waals surface area contributed by atoms with Gasteiger partial charge in [0.2, 0.25) is 0 Å². The van der Waals surface area contributed by atoms with Crippen molar-refractivity contribution in [2.75, 3.05) is 17.7 Å². The van der Waals surface area contributed by atoms with E-state index < -0.39 is 0 Å². The Balaban J connectivity index is 2.21. The van der Waals surface area contributed by atoms with Gasteiger partial charge in [0.05, 0.1) is 23.4 Å². The molecule has 1 fully saturated rings. The minimum absolute atomic E-state index is 0.0679. The number of hydrogen-bond donors (Lipinski definition) is 3. The standard InChI is InChI=1S/C14H20N4O/c1-10-3-2-4-14(6-10,9-19)18-13-12(16)5-11(7-15)8-17-13/h5,8,10,19H,2-4,6,9,16H2,1H3,(H,17,18). The van der Waals surface area contributed by atoms with Crippen LogP contribution >= 0.6 is 0 Å². The number of nitriles is 1. The molecule has 0 radical (unpaired) electrons. The Hall–Kier alpha value is -1.80. The van der Waals surface area contributed by atoms with Crippen LogP contribution in [0.1, 0.15) is 38.2 Å². The van der Waals surface area contributed by atoms with Crippen LogP contribution in [-0.4, -0.2) is 22.2 Å². The molecule has 102 valence electrons. The van der Waals surface area contributed by atoms with Gasteiger partial charge in [-0.05, 0) is 24.8 Å². The third-order valence-corrected chi connectivity index (χ3v) is 3.82. The molecule has 4 N–H and O–H groups in total. The van der Waals surface area contributed by atoms with E-state index in [0.29, 0.717) is 23.0 Å². The third kappa shape index (κ3) is 2.96. The zero-order valence-electron chi connectivity index (χ0n) is 11.2. The molecule has 5 nitrogen and oxygen atoms in total. The number of nitrogens with zero attached hydrogens (tertiary/aromatic N) is 2. The molecule has 1 aliphatic carbocycles. The Bertz CT molecular complexity index is 497. The average molecular weight is 260 g/mol. The topological polar surface area (TPSA) is 95.0 Å². The van der Waals surface area contributed by atoms with Gasteiger partial charge in [0.1, 0.15) is 11.9 Å². The molecule has 0 bridgehead atoms. The summed E-state index contributed by atoms with van der Waals surface area (Å²) in [7, 11) is 0. The summed E-state index contributed by atoms with van der Waals surface area (Å²) >= 11 is 0. The van der Waals surface area contributed by atoms with Gasteiger partial charge < -0.3 is 16.2 Å². The number of nitrogens with one attached hydrogen (secondary N) is 1. The summed E-state index contributed by atoms with van der Waals surface area (Å²) in [5, 5.41) is 21.8. The molecule has 0 amide bonds. The molecule has 0 saturated heterocycles. The lowest BCUT2D eigenvalue weighted by molar-refractivity contribution is 0.149. The Labute approximate surface area is 113 Å². The van der Waals surface area contributed by atoms with Crippen molar-refractivity contribution in [2.45, 2.75) is 38.1 Å². The summed E-state index contributed by atoms with van der Waals surface area (Å²) < 4.78 is 0. The lowest BCUT2D eigenvalue weighted by Crippen LogP contribution is -2.46. The predicted octanol–water partition coefficient (Wildman–Crippen LogP) is 1.89. The molecule has 1 aromatic heterocycles. The Morgan fingerprint density at radius 3 is 3.05 bits per heavy atom. The number of rotatable bonds is 3. The molecule has 0 spiro atoms. The van der Waals surface area contributed by atoms with Crippen LogP contribution in [0, 0.1) is 17.2 Å². The van der Waals surface area contributed by atoms with E-state index in [4.69, 9.17) is 11.0 Å². The molecular formula is C14H20N4O. The van der Waals surface area contributed by atoms with E-state index in [9.17, 15) is 5.11 Å². The first kappa shape index (κ1) is 13.6. The minimum atomic E-state index is -0.340. The lowest BCUT2D eigenvalue weighted by Gasteiger charge is -2.40. The molecular weight excluding hydrogens is 240 g/mol. The molecule has 0 aromatic carbocycles. The number of aliphatic hydroxyl groups is 1. The number of anilines is 2. The van der Waals surface area contributed by atoms with Crippen LogP contribution in [0.3, 0.4) is 0 Å². The Morgan fingerprint density at radius 1 is 1.68 bits per heavy atom. The van der Waals surface area contributed by atoms with E-state index in [1.165, 1.54) is 12.6 Å². The number of nitrogens with two attached hydrogens (primary N) is 1. The molecule has 0 aliphatic heterocycles. The van der Waals surface area contributed by atoms with Gasteiger partial charge >= 0.3 is 0 Å². The van der Waals surface area contributed by atoms with Crippen molar-refractivity contribution in [3.63, 3.8) is 0 Å². The van der Waals surface area contributed by atoms with Crippen molar-refractivity contribution in [1.29, 1.82) is 5.26 Å². The van der Waals surface area contributed by atoms with E-state index >= 15 is 0 Å². The minimum Gasteiger partial charge on any atom is -0.396 e. The van der Waals surface area contributed by atoms with Crippen molar-refractivity contribution in [3.8, 4) is 6.07 Å². The van der Waals surface area contributed by atoms with E-state index in [2.05, 4.69) is 17.2 Å². The predicted molar refractivity (Wildman–Crippen MR) is 74.4 cm³/mol. The second-order valence-electron chi connectivity index (χ2n) is 5.54. The molecule has 1 heterocycles. The first-order valence-electron chi connectivity index (χ1n) is 6.63. The fourth-order valence-corrected chi connectivity index (χ4v) is 2.86. The smallest absolute Gasteiger partial charge is 0.149 e. The first-order valence-corrected chi connectivity index (χ1v) is 6.63. The largest absolute Gasteiger partial charge is 0.396 e. The number of pyridine rings is 1. The molecule has 1 aromatic rings. The summed E-state index contributed by atoms with van der Waals surface area (Å²) in [6.07, 6.45) is 5.60. The second kappa shape index (κ2) is 5.45. The second-order valence-corrected chi connectivity index (χ2v) is 5.54. The van der Waals surface area contributed by atoms with Crippen molar-refractivity contribution in [2.24, 2.45) is 5.92 Å². The molecule has 2 rings (SSSR count). The SMILES string of the molecule is CC1CCCC(CO)(Nc2ncc(C#N)cc2N)C1. The van der Waals surface area contributed by atoms with Crippen LogP contribution in [-0.2, 0) is 0 Å². The summed E-state index contributed by atoms with van der Waals surface area (Å²) in [4.78, 5) is 4.19. The van der Waals surface area contributed by atoms with Gasteiger partial charge in [0.25, 0.3) is 0 Å². The zero-order chi connectivity index (χ0) is 13.9. The number of nitrogen functional groups attached to an aromatic ring is 1. The molecule has 19 heavy (non-hydrogen) atoms. The highest BCUT2D eigenvalue weighted by atomic mass is 16.3. The van der Waals surface area contributed by atoms with Gasteiger partial charge in [-0.1, -0.05) is 19.8 Å². The van der Waals surface area contributed by atoms with Gasteiger partial charge in [-0.25, -0.2) is 4.98 Å². The number of aliphatic hydroxyl groups excluding tert-OH is 1. The van der Waals surface area contributed by atoms with Crippen molar-refractivity contribution < 1.29 is 5.11 Å². The fourth-order valence-electron chi connectivity index (χ4n) is 2.86. The van der Waals surface area contributed by atoms with Gasteiger partial charge in [-0.2, -0.15) is 5.26 Å². The van der Waals surface area contributed by atoms with E-state index in [1.807, 2.05) is 6.07 Å². The maximum atomic E-state index is 9.73. The van der Waals surface area contributed by atoms with Crippen LogP contribution < -0.4 is 11.1 Å². The van der Waals surface area contributed by atoms with Crippen LogP contribution in [0.15, 0.2) is 12.3 Å². The van der Waals surface area contributed by atoms with E-state index in [0.717, 1.165) is 19.3 Å². The summed E-state index contributed by atoms with van der Waals surface area (Å²) in [6, 6.07) is 3.61. The van der Waals surface area contributed by atoms with Crippen molar-refractivity contribution >= 4 is 11.5 Å². The fraction of sp³-hybridized carbons (Fsp3) is 0.571. The highest BCUT2D eigenvalue weighted by Gasteiger charge is 2.35. The monoisotopic (exact) mass is 260 g/mol. The highest BCUT2D eigenvalue weighted by Crippen LogP contribution is 2.35. The molecule has 1 aliphatic rings. The van der Waals surface area contributed by atoms with Crippen molar-refractivity contribution in [3.05, 3.63) is 17.8 Å². The summed E-state index contributed by atoms with van der Waals surface area (Å²) in [5.41, 5.74) is 6.46. The average Bonchev–Trinajstić information content (AvgIpc) is 2.41. The maximum absolute atomic E-state index is 9.73. The number of aromatic nitrogens is 1. The molecule has 5 heteroatoms. The van der Waals surface area contributed by atoms with Crippen LogP contribution in [0.2, 0.25) is 0 Å². The highest BCUT2D eigenvalue weighted by molar-refractivity contribution is 5.64. The normalized spacial score (nSPS) is 26.7. The summed E-state index contributed by atoms with van der Waals surface area (Å²) in [5.74, 6) is 1.13. The lowest BCUT2D eigenvalue weighted by atomic mass is 9.77. The van der Waals surface area contributed by atoms with Crippen LogP contribution in [0.4, 0.5) is 11.5 Å². The summed E-state index contributed by atoms with van der Waals surface area (Å²) in [6.45, 7) is 2.26. The first-order chi connectivity index (χ1) is 9.08. The molecule has 2 atom stereocenters. The molecule has 1 saturated carbocycles. The van der Waals surface area contributed by atoms with Gasteiger partial charge in [0, 0.05) is 6.20 Å². The molecule has 2 unspecified atom stereocenters. The quantitative estimate of drug-likeness (QED) is 0.771. The van der Waals surface area contributed by atoms with Gasteiger partial charge in [-0.15, -0.1) is 0 Å². The van der Waals surface area contributed by atoms with E-state index in [1.54, 1.807) is 6.07 Å². The zero-order valence-corrected chi connectivity index (χ0v) is 11.2. The Morgan fingerprint density at radius 2 is 2.47 bits per heavy atom. The third-order valence-electron chi connectivity index (χ3n) is 3.82. The van der Waals surface area contributed by atoms with E-state index in [-0.39, 0.29) is 12.1 Å². The Kier molecular flexibility index (Phi) is 3.91. The van der Waals surface area contributed by atoms with Crippen molar-refractivity contribution in [1.82, 2.24) is 4.98 Å². The number of hydrogen-bond acceptors (Lipinski definition) is 5. The van der Waals surface area contributed by atoms with Gasteiger partial charge in [0.15, 0.2) is 0 Å². The van der Waals surface area contributed by atoms with Crippen LogP contribution in [0.25, 0.3) is 0 Å².